The quantitative estimate of drug-likeness (QED) is 0.791. The number of nitrogens with one attached hydrogen (secondary N) is 1. The Kier molecular flexibility index (Phi) is 3.87. The number of hydrogen-bond acceptors (Lipinski definition) is 3. The second-order valence-electron chi connectivity index (χ2n) is 6.08. The minimum absolute atomic E-state index is 0.109. The number of pyridine rings is 1. The fraction of sp³-hybridized carbons (Fsp3) is 0.200. The van der Waals surface area contributed by atoms with Crippen molar-refractivity contribution in [2.24, 2.45) is 0 Å². The monoisotopic (exact) mass is 317 g/mol. The van der Waals surface area contributed by atoms with Crippen LogP contribution in [0.2, 0.25) is 0 Å². The summed E-state index contributed by atoms with van der Waals surface area (Å²) in [4.78, 5) is 19.4. The number of amides is 1. The Morgan fingerprint density at radius 1 is 0.958 bits per heavy atom. The maximum Gasteiger partial charge on any atom is 0.256 e. The molecule has 1 amide bonds. The molecule has 1 aliphatic heterocycles. The highest BCUT2D eigenvalue weighted by Crippen LogP contribution is 2.21. The summed E-state index contributed by atoms with van der Waals surface area (Å²) in [5, 5.41) is 4.97. The summed E-state index contributed by atoms with van der Waals surface area (Å²) < 4.78 is 0. The Balaban J connectivity index is 1.55. The van der Waals surface area contributed by atoms with Crippen LogP contribution in [0.15, 0.2) is 60.8 Å². The molecule has 4 rings (SSSR count). The first-order valence-corrected chi connectivity index (χ1v) is 8.31. The maximum atomic E-state index is 12.6. The molecule has 1 aliphatic rings. The van der Waals surface area contributed by atoms with Gasteiger partial charge in [0.05, 0.1) is 11.9 Å². The largest absolute Gasteiger partial charge is 0.357 e. The van der Waals surface area contributed by atoms with E-state index in [1.807, 2.05) is 54.6 Å². The summed E-state index contributed by atoms with van der Waals surface area (Å²) in [7, 11) is 0. The molecule has 1 saturated heterocycles. The van der Waals surface area contributed by atoms with Crippen LogP contribution in [0.3, 0.4) is 0 Å². The third-order valence-corrected chi connectivity index (χ3v) is 4.47. The van der Waals surface area contributed by atoms with Crippen molar-refractivity contribution >= 4 is 28.2 Å². The summed E-state index contributed by atoms with van der Waals surface area (Å²) in [6.45, 7) is 2.13. The van der Waals surface area contributed by atoms with Crippen molar-refractivity contribution in [2.75, 3.05) is 23.3 Å². The molecule has 1 fully saturated rings. The molecule has 24 heavy (non-hydrogen) atoms. The van der Waals surface area contributed by atoms with Gasteiger partial charge in [0.25, 0.3) is 5.91 Å². The van der Waals surface area contributed by atoms with E-state index in [1.54, 1.807) is 6.20 Å². The fourth-order valence-electron chi connectivity index (χ4n) is 3.22. The highest BCUT2D eigenvalue weighted by molar-refractivity contribution is 6.12. The number of carbonyl (C=O) groups is 1. The molecular weight excluding hydrogens is 298 g/mol. The van der Waals surface area contributed by atoms with Crippen molar-refractivity contribution < 1.29 is 4.79 Å². The van der Waals surface area contributed by atoms with Crippen molar-refractivity contribution in [2.45, 2.75) is 12.8 Å². The molecule has 2 aromatic carbocycles. The minimum Gasteiger partial charge on any atom is -0.357 e. The zero-order valence-electron chi connectivity index (χ0n) is 13.4. The Labute approximate surface area is 141 Å². The zero-order valence-corrected chi connectivity index (χ0v) is 13.4. The molecule has 3 aromatic rings. The van der Waals surface area contributed by atoms with Crippen LogP contribution in [0, 0.1) is 0 Å². The van der Waals surface area contributed by atoms with Crippen LogP contribution >= 0.6 is 0 Å². The van der Waals surface area contributed by atoms with Crippen LogP contribution in [0.25, 0.3) is 10.8 Å². The van der Waals surface area contributed by atoms with Crippen molar-refractivity contribution in [3.63, 3.8) is 0 Å². The van der Waals surface area contributed by atoms with Crippen molar-refractivity contribution in [3.05, 3.63) is 66.4 Å². The number of hydrogen-bond donors (Lipinski definition) is 1. The van der Waals surface area contributed by atoms with Gasteiger partial charge in [-0.05, 0) is 41.8 Å². The van der Waals surface area contributed by atoms with Crippen molar-refractivity contribution in [1.29, 1.82) is 0 Å². The van der Waals surface area contributed by atoms with Crippen molar-refractivity contribution in [3.8, 4) is 0 Å². The lowest BCUT2D eigenvalue weighted by atomic mass is 10.0. The average Bonchev–Trinajstić information content (AvgIpc) is 3.16. The van der Waals surface area contributed by atoms with Gasteiger partial charge in [-0.15, -0.1) is 0 Å². The van der Waals surface area contributed by atoms with Crippen LogP contribution in [-0.4, -0.2) is 24.0 Å². The number of anilines is 2. The van der Waals surface area contributed by atoms with Gasteiger partial charge in [-0.1, -0.05) is 36.4 Å². The molecule has 4 heteroatoms. The van der Waals surface area contributed by atoms with Crippen molar-refractivity contribution in [1.82, 2.24) is 4.98 Å². The van der Waals surface area contributed by atoms with Gasteiger partial charge < -0.3 is 10.2 Å². The van der Waals surface area contributed by atoms with E-state index in [1.165, 1.54) is 12.8 Å². The lowest BCUT2D eigenvalue weighted by molar-refractivity contribution is 0.102. The maximum absolute atomic E-state index is 12.6. The van der Waals surface area contributed by atoms with Gasteiger partial charge >= 0.3 is 0 Å². The van der Waals surface area contributed by atoms with E-state index in [0.29, 0.717) is 5.56 Å². The Hall–Kier alpha value is -2.88. The van der Waals surface area contributed by atoms with E-state index >= 15 is 0 Å². The lowest BCUT2D eigenvalue weighted by Gasteiger charge is -2.16. The van der Waals surface area contributed by atoms with E-state index in [9.17, 15) is 4.79 Å². The number of carbonyl (C=O) groups excluding carboxylic acids is 1. The highest BCUT2D eigenvalue weighted by Gasteiger charge is 2.14. The normalized spacial score (nSPS) is 14.1. The number of rotatable bonds is 3. The number of aromatic nitrogens is 1. The summed E-state index contributed by atoms with van der Waals surface area (Å²) in [6.07, 6.45) is 4.18. The third kappa shape index (κ3) is 2.83. The molecule has 0 saturated carbocycles. The predicted molar refractivity (Wildman–Crippen MR) is 97.6 cm³/mol. The fourth-order valence-corrected chi connectivity index (χ4v) is 3.22. The van der Waals surface area contributed by atoms with Gasteiger partial charge in [-0.25, -0.2) is 4.98 Å². The first kappa shape index (κ1) is 14.7. The summed E-state index contributed by atoms with van der Waals surface area (Å²) in [5.41, 5.74) is 1.40. The second-order valence-corrected chi connectivity index (χ2v) is 6.08. The van der Waals surface area contributed by atoms with Gasteiger partial charge in [0, 0.05) is 18.7 Å². The first-order valence-electron chi connectivity index (χ1n) is 8.31. The Bertz CT molecular complexity index is 862. The average molecular weight is 317 g/mol. The summed E-state index contributed by atoms with van der Waals surface area (Å²) >= 11 is 0. The van der Waals surface area contributed by atoms with E-state index in [4.69, 9.17) is 0 Å². The minimum atomic E-state index is -0.109. The topological polar surface area (TPSA) is 45.2 Å². The second kappa shape index (κ2) is 6.32. The van der Waals surface area contributed by atoms with Crippen LogP contribution < -0.4 is 10.2 Å². The summed E-state index contributed by atoms with van der Waals surface area (Å²) in [6, 6.07) is 17.6. The van der Waals surface area contributed by atoms with Gasteiger partial charge in [-0.2, -0.15) is 0 Å². The SMILES string of the molecule is O=C(Nc1ccc(N2CCCC2)nc1)c1cccc2ccccc12. The summed E-state index contributed by atoms with van der Waals surface area (Å²) in [5.74, 6) is 0.873. The number of nitrogens with zero attached hydrogens (tertiary/aromatic N) is 2. The van der Waals surface area contributed by atoms with Crippen LogP contribution in [0.1, 0.15) is 23.2 Å². The molecule has 1 aromatic heterocycles. The van der Waals surface area contributed by atoms with Crippen LogP contribution in [0.4, 0.5) is 11.5 Å². The molecule has 2 heterocycles. The lowest BCUT2D eigenvalue weighted by Crippen LogP contribution is -2.19. The van der Waals surface area contributed by atoms with Gasteiger partial charge in [0.15, 0.2) is 0 Å². The molecule has 0 radical (unpaired) electrons. The van der Waals surface area contributed by atoms with E-state index < -0.39 is 0 Å². The molecule has 0 atom stereocenters. The molecule has 0 bridgehead atoms. The predicted octanol–water partition coefficient (Wildman–Crippen LogP) is 4.09. The third-order valence-electron chi connectivity index (χ3n) is 4.47. The zero-order chi connectivity index (χ0) is 16.4. The number of fused-ring (bicyclic) bond motifs is 1. The van der Waals surface area contributed by atoms with Gasteiger partial charge in [0.2, 0.25) is 0 Å². The van der Waals surface area contributed by atoms with Gasteiger partial charge in [-0.3, -0.25) is 4.79 Å². The molecule has 0 unspecified atom stereocenters. The molecule has 120 valence electrons. The molecular formula is C20H19N3O. The number of benzene rings is 2. The standard InChI is InChI=1S/C20H19N3O/c24-20(18-9-5-7-15-6-1-2-8-17(15)18)22-16-10-11-19(21-14-16)23-12-3-4-13-23/h1-2,5-11,14H,3-4,12-13H2,(H,22,24). The smallest absolute Gasteiger partial charge is 0.256 e. The first-order chi connectivity index (χ1) is 11.8. The molecule has 0 spiro atoms. The molecule has 1 N–H and O–H groups in total. The van der Waals surface area contributed by atoms with E-state index in [2.05, 4.69) is 15.2 Å². The molecule has 0 aliphatic carbocycles. The van der Waals surface area contributed by atoms with E-state index in [-0.39, 0.29) is 5.91 Å². The molecule has 4 nitrogen and oxygen atoms in total. The van der Waals surface area contributed by atoms with Crippen LogP contribution in [-0.2, 0) is 0 Å². The van der Waals surface area contributed by atoms with E-state index in [0.717, 1.165) is 35.4 Å². The van der Waals surface area contributed by atoms with Gasteiger partial charge in [0.1, 0.15) is 5.82 Å². The highest BCUT2D eigenvalue weighted by atomic mass is 16.1. The Morgan fingerprint density at radius 2 is 1.75 bits per heavy atom. The Morgan fingerprint density at radius 3 is 2.54 bits per heavy atom. The van der Waals surface area contributed by atoms with Crippen LogP contribution in [0.5, 0.6) is 0 Å².